The minimum atomic E-state index is -3.91. The predicted octanol–water partition coefficient (Wildman–Crippen LogP) is 1.93. The second-order valence-corrected chi connectivity index (χ2v) is 9.01. The van der Waals surface area contributed by atoms with Crippen LogP contribution >= 0.6 is 0 Å². The normalized spacial score (nSPS) is 19.4. The zero-order valence-corrected chi connectivity index (χ0v) is 16.2. The number of aliphatic hydroxyl groups excluding tert-OH is 1. The first-order valence-corrected chi connectivity index (χ1v) is 10.0. The van der Waals surface area contributed by atoms with Crippen LogP contribution in [0.5, 0.6) is 5.75 Å². The monoisotopic (exact) mass is 408 g/mol. The van der Waals surface area contributed by atoms with Gasteiger partial charge in [-0.2, -0.15) is 0 Å². The van der Waals surface area contributed by atoms with Gasteiger partial charge in [0.1, 0.15) is 17.2 Å². The largest absolute Gasteiger partial charge is 0.487 e. The van der Waals surface area contributed by atoms with Gasteiger partial charge in [0, 0.05) is 12.0 Å². The van der Waals surface area contributed by atoms with Gasteiger partial charge in [0.15, 0.2) is 6.10 Å². The Balaban J connectivity index is 1.97. The Morgan fingerprint density at radius 2 is 1.93 bits per heavy atom. The van der Waals surface area contributed by atoms with Crippen LogP contribution in [-0.2, 0) is 14.8 Å². The highest BCUT2D eigenvalue weighted by atomic mass is 32.2. The Bertz CT molecular complexity index is 1010. The average molecular weight is 408 g/mol. The van der Waals surface area contributed by atoms with Crippen LogP contribution < -0.4 is 15.2 Å². The molecule has 1 amide bonds. The molecule has 2 aromatic carbocycles. The standard InChI is InChI=1S/C19H21FN2O5S/c1-19(2)10-15(22-28(25,26)13-6-4-12(20)5-7-13)14-8-3-11(9-16(14)27-19)17(23)18(21)24/h3-9,15,17,22-23H,10H2,1-2H3,(H2,21,24). The summed E-state index contributed by atoms with van der Waals surface area (Å²) in [5.41, 5.74) is 5.24. The molecular weight excluding hydrogens is 387 g/mol. The molecule has 2 unspecified atom stereocenters. The number of nitrogens with one attached hydrogen (secondary N) is 1. The van der Waals surface area contributed by atoms with Crippen LogP contribution in [0.15, 0.2) is 47.4 Å². The number of nitrogens with two attached hydrogens (primary N) is 1. The molecule has 1 aliphatic rings. The fourth-order valence-electron chi connectivity index (χ4n) is 3.18. The summed E-state index contributed by atoms with van der Waals surface area (Å²) in [5, 5.41) is 9.88. The van der Waals surface area contributed by atoms with Crippen molar-refractivity contribution in [1.82, 2.24) is 4.72 Å². The SMILES string of the molecule is CC1(C)CC(NS(=O)(=O)c2ccc(F)cc2)c2ccc(C(O)C(N)=O)cc2O1. The van der Waals surface area contributed by atoms with Crippen molar-refractivity contribution in [3.8, 4) is 5.75 Å². The molecule has 0 aromatic heterocycles. The molecule has 3 rings (SSSR count). The van der Waals surface area contributed by atoms with Gasteiger partial charge >= 0.3 is 0 Å². The van der Waals surface area contributed by atoms with Crippen molar-refractivity contribution < 1.29 is 27.4 Å². The highest BCUT2D eigenvalue weighted by Gasteiger charge is 2.36. The van der Waals surface area contributed by atoms with Gasteiger partial charge in [0.2, 0.25) is 10.0 Å². The van der Waals surface area contributed by atoms with Crippen molar-refractivity contribution >= 4 is 15.9 Å². The maximum Gasteiger partial charge on any atom is 0.250 e. The Morgan fingerprint density at radius 1 is 1.29 bits per heavy atom. The highest BCUT2D eigenvalue weighted by Crippen LogP contribution is 2.41. The third-order valence-corrected chi connectivity index (χ3v) is 5.99. The first-order chi connectivity index (χ1) is 13.0. The molecule has 1 aliphatic heterocycles. The molecule has 150 valence electrons. The molecule has 9 heteroatoms. The third-order valence-electron chi connectivity index (χ3n) is 4.50. The molecule has 1 heterocycles. The molecule has 0 aliphatic carbocycles. The number of aliphatic hydroxyl groups is 1. The summed E-state index contributed by atoms with van der Waals surface area (Å²) < 4.78 is 47.1. The van der Waals surface area contributed by atoms with E-state index in [-0.39, 0.29) is 10.5 Å². The topological polar surface area (TPSA) is 119 Å². The van der Waals surface area contributed by atoms with E-state index in [4.69, 9.17) is 10.5 Å². The smallest absolute Gasteiger partial charge is 0.250 e. The highest BCUT2D eigenvalue weighted by molar-refractivity contribution is 7.89. The molecule has 2 atom stereocenters. The summed E-state index contributed by atoms with van der Waals surface area (Å²) in [6, 6.07) is 8.48. The lowest BCUT2D eigenvalue weighted by Gasteiger charge is -2.38. The van der Waals surface area contributed by atoms with Crippen LogP contribution in [0.25, 0.3) is 0 Å². The number of primary amides is 1. The van der Waals surface area contributed by atoms with Crippen molar-refractivity contribution in [2.24, 2.45) is 5.73 Å². The van der Waals surface area contributed by atoms with Gasteiger partial charge in [-0.25, -0.2) is 17.5 Å². The van der Waals surface area contributed by atoms with Crippen LogP contribution in [0.4, 0.5) is 4.39 Å². The van der Waals surface area contributed by atoms with E-state index in [2.05, 4.69) is 4.72 Å². The van der Waals surface area contributed by atoms with Gasteiger partial charge in [0.25, 0.3) is 5.91 Å². The van der Waals surface area contributed by atoms with E-state index in [9.17, 15) is 22.7 Å². The molecule has 0 saturated heterocycles. The molecule has 4 N–H and O–H groups in total. The second-order valence-electron chi connectivity index (χ2n) is 7.30. The fourth-order valence-corrected chi connectivity index (χ4v) is 4.39. The van der Waals surface area contributed by atoms with E-state index in [0.717, 1.165) is 12.1 Å². The number of hydrogen-bond acceptors (Lipinski definition) is 5. The molecule has 0 bridgehead atoms. The van der Waals surface area contributed by atoms with Crippen LogP contribution in [0.1, 0.15) is 43.5 Å². The number of fused-ring (bicyclic) bond motifs is 1. The van der Waals surface area contributed by atoms with E-state index < -0.39 is 39.5 Å². The second kappa shape index (κ2) is 7.16. The number of carbonyl (C=O) groups excluding carboxylic acids is 1. The van der Waals surface area contributed by atoms with Crippen molar-refractivity contribution in [2.75, 3.05) is 0 Å². The summed E-state index contributed by atoms with van der Waals surface area (Å²) in [5.74, 6) is -1.08. The molecular formula is C19H21FN2O5S. The lowest BCUT2D eigenvalue weighted by atomic mass is 9.89. The molecule has 28 heavy (non-hydrogen) atoms. The molecule has 0 spiro atoms. The number of halogens is 1. The number of sulfonamides is 1. The number of amides is 1. The van der Waals surface area contributed by atoms with Gasteiger partial charge in [-0.05, 0) is 49.7 Å². The number of hydrogen-bond donors (Lipinski definition) is 3. The van der Waals surface area contributed by atoms with E-state index in [1.165, 1.54) is 24.3 Å². The predicted molar refractivity (Wildman–Crippen MR) is 99.4 cm³/mol. The molecule has 0 saturated carbocycles. The van der Waals surface area contributed by atoms with Crippen LogP contribution in [0.2, 0.25) is 0 Å². The first-order valence-electron chi connectivity index (χ1n) is 8.57. The van der Waals surface area contributed by atoms with E-state index in [1.807, 2.05) is 0 Å². The zero-order valence-electron chi connectivity index (χ0n) is 15.3. The zero-order chi connectivity index (χ0) is 20.7. The Labute approximate surface area is 162 Å². The summed E-state index contributed by atoms with van der Waals surface area (Å²) in [4.78, 5) is 11.2. The van der Waals surface area contributed by atoms with E-state index >= 15 is 0 Å². The first kappa shape index (κ1) is 20.2. The number of rotatable bonds is 5. The maximum atomic E-state index is 13.1. The lowest BCUT2D eigenvalue weighted by Crippen LogP contribution is -2.41. The van der Waals surface area contributed by atoms with Crippen molar-refractivity contribution in [2.45, 2.75) is 42.9 Å². The van der Waals surface area contributed by atoms with Gasteiger partial charge in [-0.15, -0.1) is 0 Å². The number of ether oxygens (including phenoxy) is 1. The summed E-state index contributed by atoms with van der Waals surface area (Å²) in [6.45, 7) is 3.60. The minimum Gasteiger partial charge on any atom is -0.487 e. The van der Waals surface area contributed by atoms with E-state index in [1.54, 1.807) is 19.9 Å². The minimum absolute atomic E-state index is 0.0551. The Hall–Kier alpha value is -2.49. The van der Waals surface area contributed by atoms with Crippen molar-refractivity contribution in [3.63, 3.8) is 0 Å². The molecule has 2 aromatic rings. The van der Waals surface area contributed by atoms with E-state index in [0.29, 0.717) is 17.7 Å². The fraction of sp³-hybridized carbons (Fsp3) is 0.316. The number of benzene rings is 2. The van der Waals surface area contributed by atoms with Crippen LogP contribution in [0, 0.1) is 5.82 Å². The average Bonchev–Trinajstić information content (AvgIpc) is 2.59. The summed E-state index contributed by atoms with van der Waals surface area (Å²) in [6.07, 6.45) is -1.15. The quantitative estimate of drug-likeness (QED) is 0.698. The summed E-state index contributed by atoms with van der Waals surface area (Å²) >= 11 is 0. The van der Waals surface area contributed by atoms with Gasteiger partial charge < -0.3 is 15.6 Å². The van der Waals surface area contributed by atoms with Crippen LogP contribution in [0.3, 0.4) is 0 Å². The van der Waals surface area contributed by atoms with Crippen molar-refractivity contribution in [1.29, 1.82) is 0 Å². The Morgan fingerprint density at radius 3 is 2.54 bits per heavy atom. The van der Waals surface area contributed by atoms with Gasteiger partial charge in [-0.3, -0.25) is 4.79 Å². The molecule has 0 radical (unpaired) electrons. The Kier molecular flexibility index (Phi) is 5.18. The summed E-state index contributed by atoms with van der Waals surface area (Å²) in [7, 11) is -3.91. The third kappa shape index (κ3) is 4.16. The molecule has 0 fully saturated rings. The lowest BCUT2D eigenvalue weighted by molar-refractivity contribution is -0.126. The number of carbonyl (C=O) groups is 1. The molecule has 7 nitrogen and oxygen atoms in total. The van der Waals surface area contributed by atoms with Gasteiger partial charge in [-0.1, -0.05) is 12.1 Å². The van der Waals surface area contributed by atoms with Gasteiger partial charge in [0.05, 0.1) is 10.9 Å². The maximum absolute atomic E-state index is 13.1. The van der Waals surface area contributed by atoms with Crippen LogP contribution in [-0.4, -0.2) is 25.0 Å². The van der Waals surface area contributed by atoms with Crippen molar-refractivity contribution in [3.05, 3.63) is 59.4 Å².